The zero-order valence-corrected chi connectivity index (χ0v) is 10.00. The van der Waals surface area contributed by atoms with Crippen molar-refractivity contribution >= 4 is 27.6 Å². The minimum absolute atomic E-state index is 0.121. The number of benzene rings is 1. The van der Waals surface area contributed by atoms with E-state index < -0.39 is 0 Å². The van der Waals surface area contributed by atoms with Gasteiger partial charge in [0.2, 0.25) is 5.91 Å². The van der Waals surface area contributed by atoms with Gasteiger partial charge in [-0.3, -0.25) is 9.69 Å². The maximum atomic E-state index is 11.8. The largest absolute Gasteiger partial charge is 0.329 e. The van der Waals surface area contributed by atoms with Gasteiger partial charge in [-0.05, 0) is 12.1 Å². The molecule has 4 heteroatoms. The highest BCUT2D eigenvalue weighted by Crippen LogP contribution is 2.21. The molecule has 0 aliphatic carbocycles. The number of rotatable bonds is 1. The van der Waals surface area contributed by atoms with Crippen molar-refractivity contribution in [3.63, 3.8) is 0 Å². The minimum Gasteiger partial charge on any atom is -0.274 e. The summed E-state index contributed by atoms with van der Waals surface area (Å²) in [5.74, 6) is 1.39. The maximum Gasteiger partial charge on any atom is 0.329 e. The van der Waals surface area contributed by atoms with Gasteiger partial charge in [0.15, 0.2) is 5.88 Å². The van der Waals surface area contributed by atoms with Gasteiger partial charge in [0, 0.05) is 12.6 Å². The van der Waals surface area contributed by atoms with Crippen LogP contribution in [-0.4, -0.2) is 22.7 Å². The van der Waals surface area contributed by atoms with Crippen LogP contribution in [0.1, 0.15) is 13.3 Å². The third-order valence-electron chi connectivity index (χ3n) is 2.62. The van der Waals surface area contributed by atoms with E-state index in [2.05, 4.69) is 0 Å². The van der Waals surface area contributed by atoms with E-state index in [1.165, 1.54) is 0 Å². The third kappa shape index (κ3) is 2.27. The van der Waals surface area contributed by atoms with Crippen LogP contribution in [0, 0.1) is 0 Å². The van der Waals surface area contributed by atoms with Crippen LogP contribution in [-0.2, 0) is 20.5 Å². The summed E-state index contributed by atoms with van der Waals surface area (Å²) in [5, 5.41) is 0.202. The van der Waals surface area contributed by atoms with Gasteiger partial charge in [0.1, 0.15) is 5.75 Å². The molecule has 1 fully saturated rings. The molecule has 0 N–H and O–H groups in total. The second kappa shape index (κ2) is 4.70. The van der Waals surface area contributed by atoms with Gasteiger partial charge in [0.25, 0.3) is 0 Å². The summed E-state index contributed by atoms with van der Waals surface area (Å²) in [4.78, 5) is 24.9. The molecule has 84 valence electrons. The van der Waals surface area contributed by atoms with Crippen LogP contribution in [0.3, 0.4) is 0 Å². The lowest BCUT2D eigenvalue weighted by Crippen LogP contribution is -2.44. The fourth-order valence-corrected chi connectivity index (χ4v) is 3.32. The lowest BCUT2D eigenvalue weighted by molar-refractivity contribution is -0.118. The predicted molar refractivity (Wildman–Crippen MR) is 66.3 cm³/mol. The smallest absolute Gasteiger partial charge is 0.274 e. The lowest BCUT2D eigenvalue weighted by atomic mass is 10.3. The first-order valence-corrected chi connectivity index (χ1v) is 6.78. The van der Waals surface area contributed by atoms with E-state index in [1.807, 2.05) is 30.3 Å². The highest BCUT2D eigenvalue weighted by atomic mass is 32.2. The summed E-state index contributed by atoms with van der Waals surface area (Å²) in [6.07, 6.45) is 0.484. The minimum atomic E-state index is -0.281. The molecule has 1 amide bonds. The van der Waals surface area contributed by atoms with Gasteiger partial charge < -0.3 is 0 Å². The molecule has 1 aliphatic rings. The van der Waals surface area contributed by atoms with Crippen LogP contribution < -0.4 is 4.90 Å². The van der Waals surface area contributed by atoms with Gasteiger partial charge >= 0.3 is 5.12 Å². The average Bonchev–Trinajstić information content (AvgIpc) is 2.30. The number of carbonyl (C=O) groups excluding carboxylic acids is 2. The first kappa shape index (κ1) is 11.2. The molecule has 0 aromatic heterocycles. The highest BCUT2D eigenvalue weighted by Gasteiger charge is 2.36. The van der Waals surface area contributed by atoms with Gasteiger partial charge in [-0.1, -0.05) is 18.2 Å². The van der Waals surface area contributed by atoms with Crippen LogP contribution in [0.15, 0.2) is 30.3 Å². The SMILES string of the molecule is CC(=O)[S+]1CCC(=O)N(c2ccccc2)C1. The van der Waals surface area contributed by atoms with Crippen molar-refractivity contribution in [1.82, 2.24) is 0 Å². The number of amides is 1. The zero-order valence-electron chi connectivity index (χ0n) is 9.18. The Morgan fingerprint density at radius 2 is 2.00 bits per heavy atom. The number of hydrogen-bond acceptors (Lipinski definition) is 2. The molecular formula is C12H14NO2S+. The standard InChI is InChI=1S/C12H14NO2S/c1-10(14)16-8-7-12(15)13(9-16)11-5-3-2-4-6-11/h2-6H,7-9H2,1H3/q+1. The summed E-state index contributed by atoms with van der Waals surface area (Å²) < 4.78 is 0. The molecule has 16 heavy (non-hydrogen) atoms. The second-order valence-corrected chi connectivity index (χ2v) is 5.95. The van der Waals surface area contributed by atoms with Crippen LogP contribution >= 0.6 is 0 Å². The van der Waals surface area contributed by atoms with E-state index in [0.717, 1.165) is 11.4 Å². The van der Waals surface area contributed by atoms with E-state index in [4.69, 9.17) is 0 Å². The quantitative estimate of drug-likeness (QED) is 0.694. The highest BCUT2D eigenvalue weighted by molar-refractivity contribution is 8.11. The number of para-hydroxylation sites is 1. The molecule has 0 bridgehead atoms. The van der Waals surface area contributed by atoms with Crippen molar-refractivity contribution < 1.29 is 9.59 Å². The molecule has 0 spiro atoms. The fourth-order valence-electron chi connectivity index (χ4n) is 1.70. The number of nitrogens with zero attached hydrogens (tertiary/aromatic N) is 1. The zero-order chi connectivity index (χ0) is 11.5. The Kier molecular flexibility index (Phi) is 3.29. The van der Waals surface area contributed by atoms with Gasteiger partial charge in [-0.15, -0.1) is 0 Å². The molecule has 2 rings (SSSR count). The molecule has 1 aromatic carbocycles. The summed E-state index contributed by atoms with van der Waals surface area (Å²) in [5.41, 5.74) is 0.894. The molecule has 1 saturated heterocycles. The molecule has 1 aromatic rings. The van der Waals surface area contributed by atoms with Crippen LogP contribution in [0.4, 0.5) is 5.69 Å². The normalized spacial score (nSPS) is 20.9. The van der Waals surface area contributed by atoms with Crippen molar-refractivity contribution in [1.29, 1.82) is 0 Å². The summed E-state index contributed by atoms with van der Waals surface area (Å²) in [6, 6.07) is 9.55. The Balaban J connectivity index is 2.19. The third-order valence-corrected chi connectivity index (χ3v) is 4.70. The van der Waals surface area contributed by atoms with Crippen molar-refractivity contribution in [2.45, 2.75) is 13.3 Å². The molecule has 0 saturated carbocycles. The second-order valence-electron chi connectivity index (χ2n) is 3.72. The predicted octanol–water partition coefficient (Wildman–Crippen LogP) is 1.55. The van der Waals surface area contributed by atoms with E-state index in [1.54, 1.807) is 11.8 Å². The molecule has 1 unspecified atom stereocenters. The van der Waals surface area contributed by atoms with E-state index in [0.29, 0.717) is 12.3 Å². The Hall–Kier alpha value is -1.29. The number of carbonyl (C=O) groups is 2. The Bertz CT molecular complexity index is 405. The van der Waals surface area contributed by atoms with Crippen LogP contribution in [0.2, 0.25) is 0 Å². The van der Waals surface area contributed by atoms with E-state index in [9.17, 15) is 9.59 Å². The molecule has 3 nitrogen and oxygen atoms in total. The van der Waals surface area contributed by atoms with Crippen molar-refractivity contribution in [3.05, 3.63) is 30.3 Å². The summed E-state index contributed by atoms with van der Waals surface area (Å²) in [7, 11) is -0.281. The van der Waals surface area contributed by atoms with Crippen molar-refractivity contribution in [2.75, 3.05) is 16.5 Å². The molecule has 1 aliphatic heterocycles. The monoisotopic (exact) mass is 236 g/mol. The van der Waals surface area contributed by atoms with Crippen LogP contribution in [0.5, 0.6) is 0 Å². The number of hydrogen-bond donors (Lipinski definition) is 0. The van der Waals surface area contributed by atoms with Crippen molar-refractivity contribution in [3.8, 4) is 0 Å². The molecule has 0 radical (unpaired) electrons. The summed E-state index contributed by atoms with van der Waals surface area (Å²) >= 11 is 0. The van der Waals surface area contributed by atoms with Gasteiger partial charge in [-0.2, -0.15) is 0 Å². The van der Waals surface area contributed by atoms with E-state index >= 15 is 0 Å². The Labute approximate surface area is 97.8 Å². The van der Waals surface area contributed by atoms with Crippen LogP contribution in [0.25, 0.3) is 0 Å². The first-order chi connectivity index (χ1) is 7.68. The lowest BCUT2D eigenvalue weighted by Gasteiger charge is -2.25. The van der Waals surface area contributed by atoms with Gasteiger partial charge in [0.05, 0.1) is 17.3 Å². The molecule has 1 atom stereocenters. The molecule has 1 heterocycles. The van der Waals surface area contributed by atoms with Crippen molar-refractivity contribution in [2.24, 2.45) is 0 Å². The van der Waals surface area contributed by atoms with Gasteiger partial charge in [-0.25, -0.2) is 4.79 Å². The fraction of sp³-hybridized carbons (Fsp3) is 0.333. The maximum absolute atomic E-state index is 11.8. The summed E-state index contributed by atoms with van der Waals surface area (Å²) in [6.45, 7) is 1.61. The first-order valence-electron chi connectivity index (χ1n) is 5.22. The topological polar surface area (TPSA) is 37.4 Å². The molecular weight excluding hydrogens is 222 g/mol. The Morgan fingerprint density at radius 1 is 1.31 bits per heavy atom. The average molecular weight is 236 g/mol. The number of anilines is 1. The Morgan fingerprint density at radius 3 is 2.62 bits per heavy atom. The van der Waals surface area contributed by atoms with E-state index in [-0.39, 0.29) is 21.9 Å².